The van der Waals surface area contributed by atoms with E-state index in [0.29, 0.717) is 5.25 Å². The molecular formula is C10H13NS. The van der Waals surface area contributed by atoms with Gasteiger partial charge in [-0.1, -0.05) is 18.2 Å². The number of para-hydroxylation sites is 1. The van der Waals surface area contributed by atoms with E-state index in [-0.39, 0.29) is 0 Å². The standard InChI is InChI=1S/C10H13NS/c1-11-7-6-10(12)8-4-2-3-5-9(8)11/h2-5,10,12H,6-7H2,1H3. The molecule has 2 heteroatoms. The Morgan fingerprint density at radius 2 is 2.17 bits per heavy atom. The van der Waals surface area contributed by atoms with E-state index in [9.17, 15) is 0 Å². The van der Waals surface area contributed by atoms with E-state index in [2.05, 4.69) is 48.8 Å². The second-order valence-corrected chi connectivity index (χ2v) is 3.91. The fraction of sp³-hybridized carbons (Fsp3) is 0.400. The Balaban J connectivity index is 2.47. The van der Waals surface area contributed by atoms with E-state index in [1.165, 1.54) is 11.3 Å². The molecule has 0 N–H and O–H groups in total. The number of fused-ring (bicyclic) bond motifs is 1. The van der Waals surface area contributed by atoms with Crippen molar-refractivity contribution < 1.29 is 0 Å². The summed E-state index contributed by atoms with van der Waals surface area (Å²) in [5, 5.41) is 0.428. The van der Waals surface area contributed by atoms with Gasteiger partial charge in [0.15, 0.2) is 0 Å². The number of hydrogen-bond acceptors (Lipinski definition) is 2. The van der Waals surface area contributed by atoms with Crippen LogP contribution in [0.3, 0.4) is 0 Å². The number of thiol groups is 1. The molecule has 1 unspecified atom stereocenters. The van der Waals surface area contributed by atoms with Crippen LogP contribution in [0.25, 0.3) is 0 Å². The molecule has 0 amide bonds. The molecule has 1 atom stereocenters. The van der Waals surface area contributed by atoms with Crippen molar-refractivity contribution in [1.29, 1.82) is 0 Å². The highest BCUT2D eigenvalue weighted by molar-refractivity contribution is 7.80. The molecule has 0 bridgehead atoms. The van der Waals surface area contributed by atoms with Crippen molar-refractivity contribution in [3.05, 3.63) is 29.8 Å². The molecule has 0 spiro atoms. The molecule has 12 heavy (non-hydrogen) atoms. The Morgan fingerprint density at radius 1 is 1.42 bits per heavy atom. The molecule has 0 fully saturated rings. The molecule has 64 valence electrons. The zero-order valence-electron chi connectivity index (χ0n) is 7.20. The summed E-state index contributed by atoms with van der Waals surface area (Å²) in [4.78, 5) is 2.29. The Bertz CT molecular complexity index is 256. The molecule has 2 rings (SSSR count). The molecular weight excluding hydrogens is 166 g/mol. The van der Waals surface area contributed by atoms with Crippen LogP contribution >= 0.6 is 12.6 Å². The summed E-state index contributed by atoms with van der Waals surface area (Å²) in [5.74, 6) is 0. The lowest BCUT2D eigenvalue weighted by Gasteiger charge is -2.30. The third-order valence-corrected chi connectivity index (χ3v) is 2.98. The van der Waals surface area contributed by atoms with Gasteiger partial charge in [-0.05, 0) is 18.1 Å². The normalized spacial score (nSPS) is 22.2. The zero-order chi connectivity index (χ0) is 8.55. The van der Waals surface area contributed by atoms with Gasteiger partial charge in [-0.2, -0.15) is 12.6 Å². The van der Waals surface area contributed by atoms with Gasteiger partial charge in [0.25, 0.3) is 0 Å². The third-order valence-electron chi connectivity index (χ3n) is 2.44. The predicted molar refractivity (Wildman–Crippen MR) is 56.1 cm³/mol. The van der Waals surface area contributed by atoms with Crippen LogP contribution in [0.1, 0.15) is 17.2 Å². The summed E-state index contributed by atoms with van der Waals surface area (Å²) in [7, 11) is 2.14. The third kappa shape index (κ3) is 1.20. The molecule has 0 aliphatic carbocycles. The second-order valence-electron chi connectivity index (χ2n) is 3.28. The van der Waals surface area contributed by atoms with Gasteiger partial charge in [-0.15, -0.1) is 0 Å². The van der Waals surface area contributed by atoms with Gasteiger partial charge in [-0.25, -0.2) is 0 Å². The molecule has 1 aliphatic rings. The highest BCUT2D eigenvalue weighted by Gasteiger charge is 2.18. The van der Waals surface area contributed by atoms with Gasteiger partial charge in [0.2, 0.25) is 0 Å². The van der Waals surface area contributed by atoms with Crippen molar-refractivity contribution in [2.45, 2.75) is 11.7 Å². The van der Waals surface area contributed by atoms with E-state index < -0.39 is 0 Å². The maximum Gasteiger partial charge on any atom is 0.0407 e. The molecule has 1 heterocycles. The molecule has 0 saturated heterocycles. The number of hydrogen-bond donors (Lipinski definition) is 1. The van der Waals surface area contributed by atoms with Gasteiger partial charge in [0.1, 0.15) is 0 Å². The van der Waals surface area contributed by atoms with Crippen molar-refractivity contribution in [3.8, 4) is 0 Å². The minimum atomic E-state index is 0.428. The fourth-order valence-electron chi connectivity index (χ4n) is 1.71. The Hall–Kier alpha value is -0.630. The van der Waals surface area contributed by atoms with Crippen LogP contribution in [0.2, 0.25) is 0 Å². The van der Waals surface area contributed by atoms with Gasteiger partial charge in [-0.3, -0.25) is 0 Å². The van der Waals surface area contributed by atoms with Crippen LogP contribution in [0.4, 0.5) is 5.69 Å². The number of rotatable bonds is 0. The largest absolute Gasteiger partial charge is 0.374 e. The highest BCUT2D eigenvalue weighted by atomic mass is 32.1. The highest BCUT2D eigenvalue weighted by Crippen LogP contribution is 2.35. The monoisotopic (exact) mass is 179 g/mol. The Labute approximate surface area is 78.8 Å². The first-order valence-corrected chi connectivity index (χ1v) is 4.79. The minimum absolute atomic E-state index is 0.428. The lowest BCUT2D eigenvalue weighted by atomic mass is 10.0. The van der Waals surface area contributed by atoms with E-state index in [1.807, 2.05) is 0 Å². The second kappa shape index (κ2) is 3.02. The van der Waals surface area contributed by atoms with Crippen LogP contribution in [0.5, 0.6) is 0 Å². The molecule has 1 aromatic rings. The van der Waals surface area contributed by atoms with E-state index >= 15 is 0 Å². The summed E-state index contributed by atoms with van der Waals surface area (Å²) in [6.45, 7) is 1.12. The Morgan fingerprint density at radius 3 is 2.92 bits per heavy atom. The van der Waals surface area contributed by atoms with Gasteiger partial charge in [0, 0.05) is 24.5 Å². The summed E-state index contributed by atoms with van der Waals surface area (Å²) < 4.78 is 0. The maximum absolute atomic E-state index is 4.55. The lowest BCUT2D eigenvalue weighted by molar-refractivity contribution is 0.735. The molecule has 1 aliphatic heterocycles. The van der Waals surface area contributed by atoms with Crippen molar-refractivity contribution in [3.63, 3.8) is 0 Å². The number of nitrogens with zero attached hydrogens (tertiary/aromatic N) is 1. The fourth-order valence-corrected chi connectivity index (χ4v) is 2.04. The van der Waals surface area contributed by atoms with Crippen molar-refractivity contribution in [2.75, 3.05) is 18.5 Å². The summed E-state index contributed by atoms with van der Waals surface area (Å²) in [6, 6.07) is 8.50. The van der Waals surface area contributed by atoms with E-state index in [0.717, 1.165) is 13.0 Å². The van der Waals surface area contributed by atoms with E-state index in [4.69, 9.17) is 0 Å². The van der Waals surface area contributed by atoms with Crippen molar-refractivity contribution in [1.82, 2.24) is 0 Å². The smallest absolute Gasteiger partial charge is 0.0407 e. The van der Waals surface area contributed by atoms with Crippen LogP contribution in [0.15, 0.2) is 24.3 Å². The Kier molecular flexibility index (Phi) is 2.01. The first-order chi connectivity index (χ1) is 5.79. The average molecular weight is 179 g/mol. The lowest BCUT2D eigenvalue weighted by Crippen LogP contribution is -2.25. The topological polar surface area (TPSA) is 3.24 Å². The summed E-state index contributed by atoms with van der Waals surface area (Å²) in [6.07, 6.45) is 1.15. The minimum Gasteiger partial charge on any atom is -0.374 e. The summed E-state index contributed by atoms with van der Waals surface area (Å²) in [5.41, 5.74) is 2.71. The van der Waals surface area contributed by atoms with Crippen LogP contribution < -0.4 is 4.90 Å². The van der Waals surface area contributed by atoms with Gasteiger partial charge < -0.3 is 4.90 Å². The van der Waals surface area contributed by atoms with Crippen LogP contribution in [-0.4, -0.2) is 13.6 Å². The quantitative estimate of drug-likeness (QED) is 0.599. The first-order valence-electron chi connectivity index (χ1n) is 4.27. The number of benzene rings is 1. The molecule has 0 aromatic heterocycles. The number of anilines is 1. The maximum atomic E-state index is 4.55. The van der Waals surface area contributed by atoms with Crippen LogP contribution in [-0.2, 0) is 0 Å². The average Bonchev–Trinajstić information content (AvgIpc) is 2.12. The van der Waals surface area contributed by atoms with Gasteiger partial charge in [0.05, 0.1) is 0 Å². The van der Waals surface area contributed by atoms with E-state index in [1.54, 1.807) is 0 Å². The molecule has 0 radical (unpaired) electrons. The molecule has 1 nitrogen and oxygen atoms in total. The zero-order valence-corrected chi connectivity index (χ0v) is 8.09. The predicted octanol–water partition coefficient (Wildman–Crippen LogP) is 2.50. The molecule has 0 saturated carbocycles. The van der Waals surface area contributed by atoms with Crippen molar-refractivity contribution >= 4 is 18.3 Å². The molecule has 1 aromatic carbocycles. The van der Waals surface area contributed by atoms with Crippen LogP contribution in [0, 0.1) is 0 Å². The van der Waals surface area contributed by atoms with Crippen molar-refractivity contribution in [2.24, 2.45) is 0 Å². The SMILES string of the molecule is CN1CCC(S)c2ccccc21. The first kappa shape index (κ1) is 7.99. The van der Waals surface area contributed by atoms with Gasteiger partial charge >= 0.3 is 0 Å². The summed E-state index contributed by atoms with van der Waals surface area (Å²) >= 11 is 4.55.